The molecule has 1 aliphatic rings. The maximum Gasteiger partial charge on any atom is 0.194 e. The molecule has 0 spiro atoms. The molecule has 1 fully saturated rings. The van der Waals surface area contributed by atoms with Gasteiger partial charge in [0.05, 0.1) is 17.7 Å². The van der Waals surface area contributed by atoms with Gasteiger partial charge in [-0.25, -0.2) is 0 Å². The minimum Gasteiger partial charge on any atom is -0.381 e. The van der Waals surface area contributed by atoms with E-state index < -0.39 is 0 Å². The van der Waals surface area contributed by atoms with Crippen molar-refractivity contribution in [2.24, 2.45) is 12.0 Å². The van der Waals surface area contributed by atoms with E-state index in [9.17, 15) is 0 Å². The van der Waals surface area contributed by atoms with E-state index in [1.165, 1.54) is 0 Å². The van der Waals surface area contributed by atoms with E-state index in [4.69, 9.17) is 26.1 Å². The fraction of sp³-hybridized carbons (Fsp3) is 0.722. The van der Waals surface area contributed by atoms with E-state index in [0.29, 0.717) is 6.10 Å². The Bertz CT molecular complexity index is 541. The van der Waals surface area contributed by atoms with Gasteiger partial charge in [-0.3, -0.25) is 4.99 Å². The van der Waals surface area contributed by atoms with Crippen molar-refractivity contribution >= 4 is 17.6 Å². The molecule has 0 amide bonds. The largest absolute Gasteiger partial charge is 0.381 e. The Morgan fingerprint density at radius 3 is 2.88 bits per heavy atom. The fourth-order valence-corrected chi connectivity index (χ4v) is 3.13. The molecule has 142 valence electrons. The lowest BCUT2D eigenvalue weighted by Gasteiger charge is -2.23. The summed E-state index contributed by atoms with van der Waals surface area (Å²) in [6.45, 7) is 6.83. The van der Waals surface area contributed by atoms with Gasteiger partial charge < -0.3 is 24.3 Å². The first-order valence-electron chi connectivity index (χ1n) is 9.09. The maximum atomic E-state index is 6.07. The third kappa shape index (κ3) is 6.88. The fourth-order valence-electron chi connectivity index (χ4n) is 2.85. The smallest absolute Gasteiger partial charge is 0.194 e. The number of halogens is 1. The van der Waals surface area contributed by atoms with E-state index in [-0.39, 0.29) is 0 Å². The van der Waals surface area contributed by atoms with Crippen LogP contribution in [0.4, 0.5) is 0 Å². The lowest BCUT2D eigenvalue weighted by Crippen LogP contribution is -2.39. The highest BCUT2D eigenvalue weighted by atomic mass is 35.5. The quantitative estimate of drug-likeness (QED) is 0.434. The summed E-state index contributed by atoms with van der Waals surface area (Å²) in [6.07, 6.45) is 5.22. The normalized spacial score (nSPS) is 16.2. The molecule has 0 atom stereocenters. The average molecular weight is 371 g/mol. The molecular formula is C18H31ClN4O2. The van der Waals surface area contributed by atoms with E-state index in [0.717, 1.165) is 75.4 Å². The molecule has 0 radical (unpaired) electrons. The number of ether oxygens (including phenoxy) is 2. The zero-order valence-electron chi connectivity index (χ0n) is 15.6. The summed E-state index contributed by atoms with van der Waals surface area (Å²) in [5.41, 5.74) is 1.15. The number of rotatable bonds is 8. The number of nitrogens with one attached hydrogen (secondary N) is 1. The van der Waals surface area contributed by atoms with Crippen molar-refractivity contribution in [1.82, 2.24) is 14.8 Å². The summed E-state index contributed by atoms with van der Waals surface area (Å²) in [7, 11) is 4.05. The van der Waals surface area contributed by atoms with Gasteiger partial charge in [0, 0.05) is 58.9 Å². The van der Waals surface area contributed by atoms with E-state index >= 15 is 0 Å². The lowest BCUT2D eigenvalue weighted by molar-refractivity contribution is -0.0318. The maximum absolute atomic E-state index is 6.07. The van der Waals surface area contributed by atoms with Crippen molar-refractivity contribution in [2.75, 3.05) is 40.0 Å². The van der Waals surface area contributed by atoms with Crippen molar-refractivity contribution in [1.29, 1.82) is 0 Å². The Morgan fingerprint density at radius 1 is 1.48 bits per heavy atom. The zero-order chi connectivity index (χ0) is 18.1. The summed E-state index contributed by atoms with van der Waals surface area (Å²) in [6, 6.07) is 1.99. The molecule has 0 unspecified atom stereocenters. The molecule has 6 nitrogen and oxygen atoms in total. The summed E-state index contributed by atoms with van der Waals surface area (Å²) >= 11 is 6.07. The van der Waals surface area contributed by atoms with Crippen LogP contribution in [0.1, 0.15) is 31.9 Å². The standard InChI is InChI=1S/C18H31ClN4O2/c1-4-20-18(23(3)14-16-12-15(19)13-22(16)2)21-8-5-9-25-17-6-10-24-11-7-17/h12-13,17H,4-11,14H2,1-3H3,(H,20,21). The molecule has 0 aromatic carbocycles. The Balaban J connectivity index is 1.77. The van der Waals surface area contributed by atoms with Gasteiger partial charge in [-0.1, -0.05) is 11.6 Å². The second-order valence-electron chi connectivity index (χ2n) is 6.39. The van der Waals surface area contributed by atoms with Gasteiger partial charge in [-0.15, -0.1) is 0 Å². The molecule has 2 heterocycles. The van der Waals surface area contributed by atoms with E-state index in [1.54, 1.807) is 0 Å². The first-order valence-corrected chi connectivity index (χ1v) is 9.47. The topological polar surface area (TPSA) is 51.0 Å². The second-order valence-corrected chi connectivity index (χ2v) is 6.82. The SMILES string of the molecule is CCNC(=NCCCOC1CCOCC1)N(C)Cc1cc(Cl)cn1C. The van der Waals surface area contributed by atoms with Crippen LogP contribution in [-0.2, 0) is 23.1 Å². The minimum absolute atomic E-state index is 0.357. The number of hydrogen-bond donors (Lipinski definition) is 1. The lowest BCUT2D eigenvalue weighted by atomic mass is 10.1. The van der Waals surface area contributed by atoms with Gasteiger partial charge in [0.2, 0.25) is 0 Å². The van der Waals surface area contributed by atoms with Crippen molar-refractivity contribution in [3.8, 4) is 0 Å². The molecule has 2 rings (SSSR count). The molecule has 1 aliphatic heterocycles. The molecule has 1 aromatic heterocycles. The average Bonchev–Trinajstić information content (AvgIpc) is 2.91. The van der Waals surface area contributed by atoms with Gasteiger partial charge in [0.1, 0.15) is 0 Å². The molecule has 0 bridgehead atoms. The summed E-state index contributed by atoms with van der Waals surface area (Å²) in [5, 5.41) is 4.11. The Kier molecular flexibility index (Phi) is 8.58. The van der Waals surface area contributed by atoms with Crippen molar-refractivity contribution in [3.05, 3.63) is 23.0 Å². The van der Waals surface area contributed by atoms with Gasteiger partial charge in [0.25, 0.3) is 0 Å². The number of aromatic nitrogens is 1. The molecule has 0 aliphatic carbocycles. The van der Waals surface area contributed by atoms with Gasteiger partial charge >= 0.3 is 0 Å². The van der Waals surface area contributed by atoms with Crippen molar-refractivity contribution in [3.63, 3.8) is 0 Å². The summed E-state index contributed by atoms with van der Waals surface area (Å²) in [4.78, 5) is 6.83. The van der Waals surface area contributed by atoms with Crippen LogP contribution in [0, 0.1) is 0 Å². The summed E-state index contributed by atoms with van der Waals surface area (Å²) < 4.78 is 13.3. The van der Waals surface area contributed by atoms with Gasteiger partial charge in [-0.05, 0) is 32.3 Å². The molecule has 1 aromatic rings. The van der Waals surface area contributed by atoms with Crippen LogP contribution in [0.15, 0.2) is 17.3 Å². The second kappa shape index (κ2) is 10.7. The van der Waals surface area contributed by atoms with Crippen LogP contribution in [0.5, 0.6) is 0 Å². The van der Waals surface area contributed by atoms with Crippen molar-refractivity contribution in [2.45, 2.75) is 38.8 Å². The molecule has 1 saturated heterocycles. The predicted molar refractivity (Wildman–Crippen MR) is 102 cm³/mol. The van der Waals surface area contributed by atoms with Crippen molar-refractivity contribution < 1.29 is 9.47 Å². The molecular weight excluding hydrogens is 340 g/mol. The zero-order valence-corrected chi connectivity index (χ0v) is 16.4. The van der Waals surface area contributed by atoms with Gasteiger partial charge in [0.15, 0.2) is 5.96 Å². The van der Waals surface area contributed by atoms with Crippen LogP contribution in [0.25, 0.3) is 0 Å². The number of aryl methyl sites for hydroxylation is 1. The van der Waals surface area contributed by atoms with Crippen LogP contribution in [0.2, 0.25) is 5.02 Å². The van der Waals surface area contributed by atoms with Crippen LogP contribution in [0.3, 0.4) is 0 Å². The van der Waals surface area contributed by atoms with E-state index in [1.807, 2.05) is 30.9 Å². The molecule has 0 saturated carbocycles. The van der Waals surface area contributed by atoms with Crippen LogP contribution in [-0.4, -0.2) is 61.5 Å². The highest BCUT2D eigenvalue weighted by Gasteiger charge is 2.13. The number of hydrogen-bond acceptors (Lipinski definition) is 3. The Morgan fingerprint density at radius 2 is 2.24 bits per heavy atom. The Hall–Kier alpha value is -1.24. The highest BCUT2D eigenvalue weighted by Crippen LogP contribution is 2.14. The monoisotopic (exact) mass is 370 g/mol. The molecule has 1 N–H and O–H groups in total. The molecule has 25 heavy (non-hydrogen) atoms. The molecule has 7 heteroatoms. The minimum atomic E-state index is 0.357. The highest BCUT2D eigenvalue weighted by molar-refractivity contribution is 6.30. The van der Waals surface area contributed by atoms with Gasteiger partial charge in [-0.2, -0.15) is 0 Å². The van der Waals surface area contributed by atoms with E-state index in [2.05, 4.69) is 17.1 Å². The van der Waals surface area contributed by atoms with Crippen LogP contribution >= 0.6 is 11.6 Å². The summed E-state index contributed by atoms with van der Waals surface area (Å²) in [5.74, 6) is 0.908. The Labute approximate surface area is 156 Å². The number of aliphatic imine (C=N–C) groups is 1. The first kappa shape index (κ1) is 20.1. The first-order chi connectivity index (χ1) is 12.1. The third-order valence-corrected chi connectivity index (χ3v) is 4.46. The number of nitrogens with zero attached hydrogens (tertiary/aromatic N) is 3. The number of guanidine groups is 1. The van der Waals surface area contributed by atoms with Crippen LogP contribution < -0.4 is 5.32 Å². The third-order valence-electron chi connectivity index (χ3n) is 4.26. The predicted octanol–water partition coefficient (Wildman–Crippen LogP) is 2.66.